The molecule has 5 nitrogen and oxygen atoms in total. The summed E-state index contributed by atoms with van der Waals surface area (Å²) >= 11 is 0. The Bertz CT molecular complexity index is 588. The van der Waals surface area contributed by atoms with Crippen molar-refractivity contribution in [3.63, 3.8) is 0 Å². The molecule has 5 heteroatoms. The van der Waals surface area contributed by atoms with Gasteiger partial charge in [0.1, 0.15) is 5.82 Å². The lowest BCUT2D eigenvalue weighted by atomic mass is 10.1. The topological polar surface area (TPSA) is 73.8 Å². The average molecular weight is 246 g/mol. The number of anilines is 1. The van der Waals surface area contributed by atoms with E-state index >= 15 is 0 Å². The first kappa shape index (κ1) is 12.5. The molecule has 0 aromatic carbocycles. The second-order valence-corrected chi connectivity index (χ2v) is 4.96. The van der Waals surface area contributed by atoms with Crippen molar-refractivity contribution in [2.45, 2.75) is 33.7 Å². The molecule has 0 unspecified atom stereocenters. The molecule has 2 aliphatic heterocycles. The molecular formula is C13H18N4O. The van der Waals surface area contributed by atoms with Crippen molar-refractivity contribution < 1.29 is 0 Å². The fourth-order valence-electron chi connectivity index (χ4n) is 1.93. The van der Waals surface area contributed by atoms with Crippen LogP contribution in [0.5, 0.6) is 0 Å². The number of hydrogen-bond acceptors (Lipinski definition) is 4. The number of aryl methyl sites for hydroxylation is 2. The third kappa shape index (κ3) is 2.34. The first-order valence-electron chi connectivity index (χ1n) is 6.12. The predicted molar refractivity (Wildman–Crippen MR) is 71.5 cm³/mol. The van der Waals surface area contributed by atoms with Gasteiger partial charge < -0.3 is 10.3 Å². The number of nitrogen functional groups attached to an aromatic ring is 1. The smallest absolute Gasteiger partial charge is 0.284 e. The fraction of sp³-hybridized carbons (Fsp3) is 0.462. The van der Waals surface area contributed by atoms with Crippen LogP contribution < -0.4 is 11.3 Å². The van der Waals surface area contributed by atoms with Crippen LogP contribution in [0.15, 0.2) is 17.1 Å². The summed E-state index contributed by atoms with van der Waals surface area (Å²) in [5, 5.41) is 0. The van der Waals surface area contributed by atoms with Gasteiger partial charge in [0.25, 0.3) is 5.56 Å². The van der Waals surface area contributed by atoms with E-state index in [0.717, 1.165) is 18.5 Å². The molecule has 2 heterocycles. The summed E-state index contributed by atoms with van der Waals surface area (Å²) in [6.07, 6.45) is 2.98. The molecule has 2 rings (SSSR count). The van der Waals surface area contributed by atoms with Gasteiger partial charge in [-0.2, -0.15) is 9.97 Å². The lowest BCUT2D eigenvalue weighted by molar-refractivity contribution is 0.514. The molecule has 96 valence electrons. The standard InChI is InChI=1S/C13H18N4O/c1-8(2)4-6-17-7-5-9(3)10-11(17)15-13(14)16-12(10)18/h5,7-8H,4,6H2,1-3H3,(H2,14,16,18). The SMILES string of the molecule is Cc1ccn(CCC(C)C)c2nc(N)nc(=O)c1-2. The molecule has 0 saturated heterocycles. The maximum Gasteiger partial charge on any atom is 0.284 e. The zero-order valence-electron chi connectivity index (χ0n) is 11.0. The molecule has 0 saturated carbocycles. The molecule has 0 amide bonds. The second kappa shape index (κ2) is 4.76. The average Bonchev–Trinajstić information content (AvgIpc) is 2.26. The van der Waals surface area contributed by atoms with Crippen LogP contribution in [0.1, 0.15) is 25.8 Å². The van der Waals surface area contributed by atoms with Crippen LogP contribution in [0.4, 0.5) is 5.95 Å². The largest absolute Gasteiger partial charge is 0.368 e. The molecule has 0 spiro atoms. The Morgan fingerprint density at radius 3 is 2.78 bits per heavy atom. The number of rotatable bonds is 3. The van der Waals surface area contributed by atoms with E-state index in [1.54, 1.807) is 0 Å². The molecule has 18 heavy (non-hydrogen) atoms. The maximum absolute atomic E-state index is 11.9. The van der Waals surface area contributed by atoms with Gasteiger partial charge in [0, 0.05) is 12.7 Å². The lowest BCUT2D eigenvalue weighted by Crippen LogP contribution is -2.20. The highest BCUT2D eigenvalue weighted by Gasteiger charge is 2.16. The second-order valence-electron chi connectivity index (χ2n) is 4.96. The first-order valence-corrected chi connectivity index (χ1v) is 6.12. The summed E-state index contributed by atoms with van der Waals surface area (Å²) in [4.78, 5) is 19.8. The van der Waals surface area contributed by atoms with E-state index in [9.17, 15) is 4.79 Å². The summed E-state index contributed by atoms with van der Waals surface area (Å²) in [6, 6.07) is 1.92. The predicted octanol–water partition coefficient (Wildman–Crippen LogP) is 1.68. The normalized spacial score (nSPS) is 11.3. The Labute approximate surface area is 106 Å². The van der Waals surface area contributed by atoms with Crippen LogP contribution in [0, 0.1) is 12.8 Å². The number of nitrogens with two attached hydrogens (primary N) is 1. The number of hydrogen-bond donors (Lipinski definition) is 1. The van der Waals surface area contributed by atoms with Gasteiger partial charge in [-0.1, -0.05) is 13.8 Å². The zero-order chi connectivity index (χ0) is 13.3. The van der Waals surface area contributed by atoms with E-state index in [1.165, 1.54) is 0 Å². The van der Waals surface area contributed by atoms with E-state index in [1.807, 2.05) is 23.8 Å². The zero-order valence-corrected chi connectivity index (χ0v) is 11.0. The summed E-state index contributed by atoms with van der Waals surface area (Å²) in [7, 11) is 0. The Morgan fingerprint density at radius 2 is 2.11 bits per heavy atom. The van der Waals surface area contributed by atoms with Gasteiger partial charge in [-0.25, -0.2) is 0 Å². The van der Waals surface area contributed by atoms with Gasteiger partial charge in [-0.05, 0) is 30.9 Å². The highest BCUT2D eigenvalue weighted by molar-refractivity contribution is 5.61. The van der Waals surface area contributed by atoms with Gasteiger partial charge in [-0.3, -0.25) is 4.79 Å². The van der Waals surface area contributed by atoms with Gasteiger partial charge in [-0.15, -0.1) is 0 Å². The number of fused-ring (bicyclic) bond motifs is 1. The minimum absolute atomic E-state index is 0.0383. The Hall–Kier alpha value is -1.91. The van der Waals surface area contributed by atoms with Crippen LogP contribution >= 0.6 is 0 Å². The monoisotopic (exact) mass is 246 g/mol. The molecular weight excluding hydrogens is 228 g/mol. The Kier molecular flexibility index (Phi) is 3.32. The van der Waals surface area contributed by atoms with E-state index < -0.39 is 0 Å². The molecule has 0 aliphatic carbocycles. The van der Waals surface area contributed by atoms with Crippen LogP contribution in [-0.4, -0.2) is 14.5 Å². The fourth-order valence-corrected chi connectivity index (χ4v) is 1.93. The number of aromatic nitrogens is 3. The quantitative estimate of drug-likeness (QED) is 0.894. The first-order chi connectivity index (χ1) is 8.49. The van der Waals surface area contributed by atoms with E-state index in [-0.39, 0.29) is 11.5 Å². The minimum atomic E-state index is -0.297. The van der Waals surface area contributed by atoms with Crippen molar-refractivity contribution in [2.24, 2.45) is 5.92 Å². The Morgan fingerprint density at radius 1 is 1.39 bits per heavy atom. The van der Waals surface area contributed by atoms with Crippen LogP contribution in [0.25, 0.3) is 11.4 Å². The van der Waals surface area contributed by atoms with Gasteiger partial charge in [0.2, 0.25) is 5.95 Å². The lowest BCUT2D eigenvalue weighted by Gasteiger charge is -2.16. The van der Waals surface area contributed by atoms with Crippen molar-refractivity contribution in [3.05, 3.63) is 28.2 Å². The molecule has 0 fully saturated rings. The van der Waals surface area contributed by atoms with Crippen molar-refractivity contribution in [3.8, 4) is 11.4 Å². The van der Waals surface area contributed by atoms with E-state index in [0.29, 0.717) is 17.3 Å². The van der Waals surface area contributed by atoms with E-state index in [4.69, 9.17) is 5.73 Å². The highest BCUT2D eigenvalue weighted by Crippen LogP contribution is 2.20. The van der Waals surface area contributed by atoms with Crippen molar-refractivity contribution in [1.82, 2.24) is 14.5 Å². The van der Waals surface area contributed by atoms with Crippen molar-refractivity contribution in [2.75, 3.05) is 5.73 Å². The third-order valence-corrected chi connectivity index (χ3v) is 2.99. The minimum Gasteiger partial charge on any atom is -0.368 e. The molecule has 0 atom stereocenters. The molecule has 2 N–H and O–H groups in total. The molecule has 2 aliphatic rings. The highest BCUT2D eigenvalue weighted by atomic mass is 16.1. The van der Waals surface area contributed by atoms with Crippen LogP contribution in [0.3, 0.4) is 0 Å². The van der Waals surface area contributed by atoms with Gasteiger partial charge >= 0.3 is 0 Å². The van der Waals surface area contributed by atoms with Crippen LogP contribution in [-0.2, 0) is 6.54 Å². The van der Waals surface area contributed by atoms with Gasteiger partial charge in [0.15, 0.2) is 0 Å². The van der Waals surface area contributed by atoms with Crippen LogP contribution in [0.2, 0.25) is 0 Å². The molecule has 0 bridgehead atoms. The summed E-state index contributed by atoms with van der Waals surface area (Å²) < 4.78 is 1.97. The molecule has 0 radical (unpaired) electrons. The Balaban J connectivity index is 2.55. The molecule has 0 aromatic rings. The van der Waals surface area contributed by atoms with Gasteiger partial charge in [0.05, 0.1) is 5.56 Å². The number of nitrogens with zero attached hydrogens (tertiary/aromatic N) is 3. The van der Waals surface area contributed by atoms with Crippen molar-refractivity contribution in [1.29, 1.82) is 0 Å². The number of pyridine rings is 1. The molecule has 0 aromatic heterocycles. The van der Waals surface area contributed by atoms with Crippen molar-refractivity contribution >= 4 is 5.95 Å². The maximum atomic E-state index is 11.9. The summed E-state index contributed by atoms with van der Waals surface area (Å²) in [5.41, 5.74) is 6.72. The van der Waals surface area contributed by atoms with E-state index in [2.05, 4.69) is 23.8 Å². The third-order valence-electron chi connectivity index (χ3n) is 2.99. The summed E-state index contributed by atoms with van der Waals surface area (Å²) in [5.74, 6) is 1.27. The summed E-state index contributed by atoms with van der Waals surface area (Å²) in [6.45, 7) is 7.04.